The Morgan fingerprint density at radius 2 is 2.22 bits per heavy atom. The molecule has 1 aliphatic carbocycles. The third kappa shape index (κ3) is 2.62. The van der Waals surface area contributed by atoms with Crippen molar-refractivity contribution in [1.82, 2.24) is 10.3 Å². The summed E-state index contributed by atoms with van der Waals surface area (Å²) >= 11 is 1.98. The van der Waals surface area contributed by atoms with E-state index in [2.05, 4.69) is 28.5 Å². The van der Waals surface area contributed by atoms with Crippen molar-refractivity contribution in [3.8, 4) is 0 Å². The van der Waals surface area contributed by atoms with Gasteiger partial charge in [-0.1, -0.05) is 6.07 Å². The molecule has 2 heterocycles. The number of pyridine rings is 1. The van der Waals surface area contributed by atoms with Gasteiger partial charge in [-0.3, -0.25) is 4.98 Å². The number of fused-ring (bicyclic) bond motifs is 1. The van der Waals surface area contributed by atoms with Crippen molar-refractivity contribution in [3.05, 3.63) is 51.0 Å². The Morgan fingerprint density at radius 1 is 1.28 bits per heavy atom. The van der Waals surface area contributed by atoms with Crippen LogP contribution >= 0.6 is 11.3 Å². The number of hydrogen-bond donors (Lipinski definition) is 1. The van der Waals surface area contributed by atoms with Crippen molar-refractivity contribution in [3.63, 3.8) is 0 Å². The van der Waals surface area contributed by atoms with Crippen LogP contribution in [0.15, 0.2) is 24.4 Å². The van der Waals surface area contributed by atoms with E-state index in [1.54, 1.807) is 10.4 Å². The van der Waals surface area contributed by atoms with Gasteiger partial charge in [0.05, 0.1) is 0 Å². The smallest absolute Gasteiger partial charge is 0.0372 e. The first-order valence-electron chi connectivity index (χ1n) is 6.54. The summed E-state index contributed by atoms with van der Waals surface area (Å²) in [5.74, 6) is 0. The predicted octanol–water partition coefficient (Wildman–Crippen LogP) is 3.23. The van der Waals surface area contributed by atoms with E-state index in [4.69, 9.17) is 0 Å². The molecule has 0 spiro atoms. The number of aryl methyl sites for hydroxylation is 3. The van der Waals surface area contributed by atoms with Crippen LogP contribution in [0.5, 0.6) is 0 Å². The van der Waals surface area contributed by atoms with Crippen molar-refractivity contribution in [2.24, 2.45) is 0 Å². The highest BCUT2D eigenvalue weighted by molar-refractivity contribution is 7.12. The van der Waals surface area contributed by atoms with Crippen molar-refractivity contribution in [2.75, 3.05) is 0 Å². The van der Waals surface area contributed by atoms with Gasteiger partial charge in [0.2, 0.25) is 0 Å². The fourth-order valence-electron chi connectivity index (χ4n) is 2.41. The molecule has 3 heteroatoms. The zero-order valence-corrected chi connectivity index (χ0v) is 11.5. The molecule has 2 aromatic heterocycles. The maximum absolute atomic E-state index is 4.31. The number of nitrogens with one attached hydrogen (secondary N) is 1. The lowest BCUT2D eigenvalue weighted by atomic mass is 10.2. The monoisotopic (exact) mass is 258 g/mol. The highest BCUT2D eigenvalue weighted by Gasteiger charge is 2.14. The second-order valence-electron chi connectivity index (χ2n) is 4.93. The van der Waals surface area contributed by atoms with Gasteiger partial charge in [0, 0.05) is 34.7 Å². The molecule has 0 aliphatic heterocycles. The average Bonchev–Trinajstić information content (AvgIpc) is 2.92. The highest BCUT2D eigenvalue weighted by Crippen LogP contribution is 2.30. The van der Waals surface area contributed by atoms with Gasteiger partial charge >= 0.3 is 0 Å². The molecule has 2 nitrogen and oxygen atoms in total. The van der Waals surface area contributed by atoms with E-state index in [1.807, 2.05) is 24.5 Å². The molecule has 18 heavy (non-hydrogen) atoms. The molecule has 0 radical (unpaired) electrons. The van der Waals surface area contributed by atoms with Crippen LogP contribution in [0.4, 0.5) is 0 Å². The van der Waals surface area contributed by atoms with Gasteiger partial charge in [0.1, 0.15) is 0 Å². The third-order valence-electron chi connectivity index (χ3n) is 3.40. The minimum atomic E-state index is 0.899. The van der Waals surface area contributed by atoms with E-state index in [9.17, 15) is 0 Å². The molecule has 0 atom stereocenters. The second-order valence-corrected chi connectivity index (χ2v) is 6.15. The molecule has 0 bridgehead atoms. The van der Waals surface area contributed by atoms with Crippen LogP contribution in [-0.4, -0.2) is 4.98 Å². The Bertz CT molecular complexity index is 506. The number of thiophene rings is 1. The fraction of sp³-hybridized carbons (Fsp3) is 0.400. The summed E-state index contributed by atoms with van der Waals surface area (Å²) in [4.78, 5) is 7.39. The molecule has 2 aromatic rings. The SMILES string of the molecule is Cc1ccc(CNCc2cc3c(s2)CCC3)cn1. The summed E-state index contributed by atoms with van der Waals surface area (Å²) < 4.78 is 0. The molecule has 0 amide bonds. The van der Waals surface area contributed by atoms with Gasteiger partial charge < -0.3 is 5.32 Å². The zero-order valence-electron chi connectivity index (χ0n) is 10.7. The molecule has 0 saturated heterocycles. The van der Waals surface area contributed by atoms with Crippen LogP contribution in [0.25, 0.3) is 0 Å². The lowest BCUT2D eigenvalue weighted by Crippen LogP contribution is -2.11. The van der Waals surface area contributed by atoms with Gasteiger partial charge in [0.25, 0.3) is 0 Å². The van der Waals surface area contributed by atoms with E-state index < -0.39 is 0 Å². The van der Waals surface area contributed by atoms with Crippen LogP contribution in [0.3, 0.4) is 0 Å². The topological polar surface area (TPSA) is 24.9 Å². The molecule has 0 aromatic carbocycles. The van der Waals surface area contributed by atoms with Gasteiger partial charge in [-0.2, -0.15) is 0 Å². The lowest BCUT2D eigenvalue weighted by molar-refractivity contribution is 0.698. The summed E-state index contributed by atoms with van der Waals surface area (Å²) in [5, 5.41) is 3.50. The standard InChI is InChI=1S/C15H18N2S/c1-11-5-6-12(9-17-11)8-16-10-14-7-13-3-2-4-15(13)18-14/h5-7,9,16H,2-4,8,10H2,1H3. The quantitative estimate of drug-likeness (QED) is 0.910. The van der Waals surface area contributed by atoms with Gasteiger partial charge in [-0.15, -0.1) is 11.3 Å². The van der Waals surface area contributed by atoms with Crippen molar-refractivity contribution in [2.45, 2.75) is 39.3 Å². The molecule has 1 N–H and O–H groups in total. The van der Waals surface area contributed by atoms with Crippen LogP contribution in [-0.2, 0) is 25.9 Å². The molecular formula is C15H18N2S. The minimum absolute atomic E-state index is 0.899. The van der Waals surface area contributed by atoms with Crippen LogP contribution in [0, 0.1) is 6.92 Å². The number of aromatic nitrogens is 1. The van der Waals surface area contributed by atoms with E-state index in [1.165, 1.54) is 29.7 Å². The summed E-state index contributed by atoms with van der Waals surface area (Å²) in [6.45, 7) is 3.89. The number of hydrogen-bond acceptors (Lipinski definition) is 3. The van der Waals surface area contributed by atoms with Crippen LogP contribution < -0.4 is 5.32 Å². The van der Waals surface area contributed by atoms with Crippen LogP contribution in [0.1, 0.15) is 33.0 Å². The number of rotatable bonds is 4. The predicted molar refractivity (Wildman–Crippen MR) is 75.9 cm³/mol. The summed E-state index contributed by atoms with van der Waals surface area (Å²) in [7, 11) is 0. The van der Waals surface area contributed by atoms with Gasteiger partial charge in [0.15, 0.2) is 0 Å². The Kier molecular flexibility index (Phi) is 3.43. The van der Waals surface area contributed by atoms with E-state index in [0.29, 0.717) is 0 Å². The molecule has 1 aliphatic rings. The molecular weight excluding hydrogens is 240 g/mol. The summed E-state index contributed by atoms with van der Waals surface area (Å²) in [5.41, 5.74) is 3.92. The second kappa shape index (κ2) is 5.21. The Labute approximate surface area is 112 Å². The molecule has 0 saturated carbocycles. The maximum Gasteiger partial charge on any atom is 0.0372 e. The van der Waals surface area contributed by atoms with Crippen molar-refractivity contribution in [1.29, 1.82) is 0 Å². The lowest BCUT2D eigenvalue weighted by Gasteiger charge is -2.03. The highest BCUT2D eigenvalue weighted by atomic mass is 32.1. The van der Waals surface area contributed by atoms with Gasteiger partial charge in [-0.05, 0) is 49.4 Å². The largest absolute Gasteiger partial charge is 0.308 e. The molecule has 0 unspecified atom stereocenters. The van der Waals surface area contributed by atoms with Gasteiger partial charge in [-0.25, -0.2) is 0 Å². The third-order valence-corrected chi connectivity index (χ3v) is 4.64. The first-order chi connectivity index (χ1) is 8.81. The summed E-state index contributed by atoms with van der Waals surface area (Å²) in [6, 6.07) is 6.59. The van der Waals surface area contributed by atoms with Crippen molar-refractivity contribution >= 4 is 11.3 Å². The Hall–Kier alpha value is -1.19. The summed E-state index contributed by atoms with van der Waals surface area (Å²) in [6.07, 6.45) is 5.89. The molecule has 94 valence electrons. The number of nitrogens with zero attached hydrogens (tertiary/aromatic N) is 1. The maximum atomic E-state index is 4.31. The minimum Gasteiger partial charge on any atom is -0.308 e. The van der Waals surface area contributed by atoms with Crippen molar-refractivity contribution < 1.29 is 0 Å². The fourth-order valence-corrected chi connectivity index (χ4v) is 3.64. The zero-order chi connectivity index (χ0) is 12.4. The average molecular weight is 258 g/mol. The first kappa shape index (κ1) is 11.9. The normalized spacial score (nSPS) is 13.8. The first-order valence-corrected chi connectivity index (χ1v) is 7.35. The molecule has 0 fully saturated rings. The molecule has 3 rings (SSSR count). The Balaban J connectivity index is 1.53. The van der Waals surface area contributed by atoms with E-state index >= 15 is 0 Å². The van der Waals surface area contributed by atoms with Crippen LogP contribution in [0.2, 0.25) is 0 Å². The van der Waals surface area contributed by atoms with E-state index in [0.717, 1.165) is 18.8 Å². The van der Waals surface area contributed by atoms with E-state index in [-0.39, 0.29) is 0 Å². The Morgan fingerprint density at radius 3 is 3.00 bits per heavy atom.